The zero-order chi connectivity index (χ0) is 20.3. The highest BCUT2D eigenvalue weighted by Crippen LogP contribution is 2.40. The minimum absolute atomic E-state index is 0.116. The van der Waals surface area contributed by atoms with Gasteiger partial charge in [0.05, 0.1) is 24.1 Å². The van der Waals surface area contributed by atoms with E-state index in [0.717, 1.165) is 50.3 Å². The third-order valence-electron chi connectivity index (χ3n) is 6.23. The molecule has 0 saturated carbocycles. The van der Waals surface area contributed by atoms with Crippen LogP contribution < -0.4 is 0 Å². The van der Waals surface area contributed by atoms with Gasteiger partial charge in [-0.2, -0.15) is 5.10 Å². The van der Waals surface area contributed by atoms with Crippen molar-refractivity contribution in [3.05, 3.63) is 42.2 Å². The van der Waals surface area contributed by atoms with Gasteiger partial charge in [0.1, 0.15) is 0 Å². The monoisotopic (exact) mass is 396 g/mol. The molecule has 2 fully saturated rings. The van der Waals surface area contributed by atoms with Crippen LogP contribution in [-0.2, 0) is 22.7 Å². The summed E-state index contributed by atoms with van der Waals surface area (Å²) in [5.41, 5.74) is 1.82. The highest BCUT2D eigenvalue weighted by Gasteiger charge is 2.41. The van der Waals surface area contributed by atoms with Crippen molar-refractivity contribution in [2.45, 2.75) is 52.1 Å². The molecule has 0 aromatic carbocycles. The van der Waals surface area contributed by atoms with E-state index in [1.54, 1.807) is 23.3 Å². The first kappa shape index (κ1) is 19.5. The minimum Gasteiger partial charge on any atom is -0.343 e. The third kappa shape index (κ3) is 4.63. The second kappa shape index (κ2) is 8.31. The third-order valence-corrected chi connectivity index (χ3v) is 6.23. The van der Waals surface area contributed by atoms with Gasteiger partial charge in [-0.05, 0) is 37.7 Å². The Hall–Kier alpha value is -2.77. The van der Waals surface area contributed by atoms with Gasteiger partial charge in [0.25, 0.3) is 0 Å². The van der Waals surface area contributed by atoms with Crippen LogP contribution in [0.25, 0.3) is 0 Å². The lowest BCUT2D eigenvalue weighted by Crippen LogP contribution is -2.52. The van der Waals surface area contributed by atoms with E-state index in [4.69, 9.17) is 0 Å². The zero-order valence-corrected chi connectivity index (χ0v) is 17.0. The van der Waals surface area contributed by atoms with Gasteiger partial charge in [-0.25, -0.2) is 0 Å². The van der Waals surface area contributed by atoms with Crippen LogP contribution in [0.15, 0.2) is 30.9 Å². The molecule has 4 heterocycles. The van der Waals surface area contributed by atoms with E-state index in [0.29, 0.717) is 25.9 Å². The zero-order valence-electron chi connectivity index (χ0n) is 17.0. The number of carbonyl (C=O) groups excluding carboxylic acids is 2. The van der Waals surface area contributed by atoms with E-state index < -0.39 is 0 Å². The number of rotatable bonds is 5. The fourth-order valence-corrected chi connectivity index (χ4v) is 4.38. The van der Waals surface area contributed by atoms with Crippen LogP contribution in [0.3, 0.4) is 0 Å². The van der Waals surface area contributed by atoms with Gasteiger partial charge >= 0.3 is 0 Å². The predicted octanol–water partition coefficient (Wildman–Crippen LogP) is 1.80. The van der Waals surface area contributed by atoms with Crippen molar-refractivity contribution >= 4 is 11.8 Å². The first-order chi connectivity index (χ1) is 14.0. The van der Waals surface area contributed by atoms with Crippen molar-refractivity contribution in [2.75, 3.05) is 19.6 Å². The second-order valence-corrected chi connectivity index (χ2v) is 8.30. The molecule has 2 saturated heterocycles. The molecule has 154 valence electrons. The maximum atomic E-state index is 12.6. The van der Waals surface area contributed by atoms with E-state index in [2.05, 4.69) is 15.1 Å². The first-order valence-electron chi connectivity index (χ1n) is 10.3. The standard InChI is InChI=1S/C21H28N6O2/c1-17-13-23-18(14-22-17)15-26-16-21(5-3-19(26)28)6-11-25(12-7-21)20(29)4-10-27-9-2-8-24-27/h2,8-9,13-14H,3-7,10-12,15-16H2,1H3. The average Bonchev–Trinajstić information content (AvgIpc) is 3.25. The number of hydrogen-bond donors (Lipinski definition) is 0. The lowest BCUT2D eigenvalue weighted by molar-refractivity contribution is -0.143. The lowest BCUT2D eigenvalue weighted by atomic mass is 9.72. The fraction of sp³-hybridized carbons (Fsp3) is 0.571. The molecule has 0 radical (unpaired) electrons. The van der Waals surface area contributed by atoms with Crippen LogP contribution in [0.5, 0.6) is 0 Å². The molecule has 2 aromatic heterocycles. The number of piperidine rings is 2. The molecular weight excluding hydrogens is 368 g/mol. The number of carbonyl (C=O) groups is 2. The Bertz CT molecular complexity index is 841. The molecule has 2 aliphatic heterocycles. The fourth-order valence-electron chi connectivity index (χ4n) is 4.38. The van der Waals surface area contributed by atoms with E-state index >= 15 is 0 Å². The number of nitrogens with zero attached hydrogens (tertiary/aromatic N) is 6. The number of likely N-dealkylation sites (tertiary alicyclic amines) is 2. The molecule has 29 heavy (non-hydrogen) atoms. The Morgan fingerprint density at radius 3 is 2.69 bits per heavy atom. The van der Waals surface area contributed by atoms with Gasteiger partial charge in [0, 0.05) is 57.6 Å². The molecule has 0 unspecified atom stereocenters. The first-order valence-corrected chi connectivity index (χ1v) is 10.3. The summed E-state index contributed by atoms with van der Waals surface area (Å²) in [6, 6.07) is 1.87. The lowest BCUT2D eigenvalue weighted by Gasteiger charge is -2.47. The van der Waals surface area contributed by atoms with Crippen LogP contribution >= 0.6 is 0 Å². The Balaban J connectivity index is 1.31. The molecule has 2 amide bonds. The maximum absolute atomic E-state index is 12.6. The molecule has 8 nitrogen and oxygen atoms in total. The van der Waals surface area contributed by atoms with Crippen molar-refractivity contribution in [3.8, 4) is 0 Å². The molecule has 4 rings (SSSR count). The van der Waals surface area contributed by atoms with Crippen LogP contribution in [0, 0.1) is 12.3 Å². The van der Waals surface area contributed by atoms with Crippen LogP contribution in [-0.4, -0.2) is 61.0 Å². The maximum Gasteiger partial charge on any atom is 0.224 e. The van der Waals surface area contributed by atoms with E-state index in [1.165, 1.54) is 0 Å². The second-order valence-electron chi connectivity index (χ2n) is 8.30. The van der Waals surface area contributed by atoms with Crippen LogP contribution in [0.4, 0.5) is 0 Å². The highest BCUT2D eigenvalue weighted by molar-refractivity contribution is 5.77. The van der Waals surface area contributed by atoms with Crippen molar-refractivity contribution in [3.63, 3.8) is 0 Å². The van der Waals surface area contributed by atoms with Crippen molar-refractivity contribution < 1.29 is 9.59 Å². The quantitative estimate of drug-likeness (QED) is 0.770. The van der Waals surface area contributed by atoms with Gasteiger partial charge in [-0.15, -0.1) is 0 Å². The normalized spacial score (nSPS) is 19.0. The topological polar surface area (TPSA) is 84.2 Å². The van der Waals surface area contributed by atoms with E-state index in [1.807, 2.05) is 29.0 Å². The van der Waals surface area contributed by atoms with Gasteiger partial charge in [-0.3, -0.25) is 24.2 Å². The Labute approximate surface area is 170 Å². The molecule has 0 N–H and O–H groups in total. The van der Waals surface area contributed by atoms with Crippen molar-refractivity contribution in [2.24, 2.45) is 5.41 Å². The summed E-state index contributed by atoms with van der Waals surface area (Å²) in [5, 5.41) is 4.16. The summed E-state index contributed by atoms with van der Waals surface area (Å²) in [6.07, 6.45) is 11.0. The Morgan fingerprint density at radius 2 is 2.00 bits per heavy atom. The summed E-state index contributed by atoms with van der Waals surface area (Å²) < 4.78 is 1.79. The van der Waals surface area contributed by atoms with Crippen molar-refractivity contribution in [1.82, 2.24) is 29.5 Å². The number of hydrogen-bond acceptors (Lipinski definition) is 5. The summed E-state index contributed by atoms with van der Waals surface area (Å²) >= 11 is 0. The number of amides is 2. The average molecular weight is 396 g/mol. The highest BCUT2D eigenvalue weighted by atomic mass is 16.2. The molecule has 0 aliphatic carbocycles. The largest absolute Gasteiger partial charge is 0.343 e. The van der Waals surface area contributed by atoms with Gasteiger partial charge in [-0.1, -0.05) is 0 Å². The Morgan fingerprint density at radius 1 is 1.17 bits per heavy atom. The molecule has 0 atom stereocenters. The predicted molar refractivity (Wildman–Crippen MR) is 107 cm³/mol. The Kier molecular flexibility index (Phi) is 5.60. The van der Waals surface area contributed by atoms with Gasteiger partial charge in [0.15, 0.2) is 0 Å². The molecule has 1 spiro atoms. The van der Waals surface area contributed by atoms with Crippen molar-refractivity contribution in [1.29, 1.82) is 0 Å². The molecule has 2 aliphatic rings. The van der Waals surface area contributed by atoms with Gasteiger partial charge < -0.3 is 9.80 Å². The van der Waals surface area contributed by atoms with Crippen LogP contribution in [0.2, 0.25) is 0 Å². The minimum atomic E-state index is 0.116. The summed E-state index contributed by atoms with van der Waals surface area (Å²) in [7, 11) is 0. The summed E-state index contributed by atoms with van der Waals surface area (Å²) in [4.78, 5) is 37.6. The van der Waals surface area contributed by atoms with E-state index in [-0.39, 0.29) is 17.2 Å². The number of aryl methyl sites for hydroxylation is 2. The SMILES string of the molecule is Cc1cnc(CN2CC3(CCC2=O)CCN(C(=O)CCn2cccn2)CC3)cn1. The smallest absolute Gasteiger partial charge is 0.224 e. The van der Waals surface area contributed by atoms with Gasteiger partial charge in [0.2, 0.25) is 11.8 Å². The molecular formula is C21H28N6O2. The summed E-state index contributed by atoms with van der Waals surface area (Å²) in [6.45, 7) is 5.32. The molecule has 2 aromatic rings. The van der Waals surface area contributed by atoms with E-state index in [9.17, 15) is 9.59 Å². The van der Waals surface area contributed by atoms with Crippen LogP contribution in [0.1, 0.15) is 43.5 Å². The molecule has 8 heteroatoms. The number of aromatic nitrogens is 4. The molecule has 0 bridgehead atoms. The summed E-state index contributed by atoms with van der Waals surface area (Å²) in [5.74, 6) is 0.379.